The number of ether oxygens (including phenoxy) is 1. The average Bonchev–Trinajstić information content (AvgIpc) is 3.01. The maximum absolute atomic E-state index is 6.40. The van der Waals surface area contributed by atoms with Crippen molar-refractivity contribution in [3.8, 4) is 0 Å². The third-order valence-corrected chi connectivity index (χ3v) is 6.14. The lowest BCUT2D eigenvalue weighted by molar-refractivity contribution is 0.0451. The van der Waals surface area contributed by atoms with E-state index in [0.717, 1.165) is 39.3 Å². The number of nitrogens with zero attached hydrogens (tertiary/aromatic N) is 2. The van der Waals surface area contributed by atoms with Gasteiger partial charge in [-0.15, -0.1) is 0 Å². The molecule has 0 saturated carbocycles. The van der Waals surface area contributed by atoms with Crippen LogP contribution < -0.4 is 0 Å². The van der Waals surface area contributed by atoms with Gasteiger partial charge in [-0.05, 0) is 36.1 Å². The highest BCUT2D eigenvalue weighted by molar-refractivity contribution is 5.29. The van der Waals surface area contributed by atoms with Gasteiger partial charge < -0.3 is 9.64 Å². The molecule has 1 aliphatic rings. The zero-order valence-electron chi connectivity index (χ0n) is 24.4. The first-order chi connectivity index (χ1) is 18.4. The van der Waals surface area contributed by atoms with Gasteiger partial charge in [-0.3, -0.25) is 4.90 Å². The van der Waals surface area contributed by atoms with Crippen molar-refractivity contribution in [2.45, 2.75) is 60.5 Å². The van der Waals surface area contributed by atoms with Crippen LogP contribution in [0, 0.1) is 0 Å². The molecule has 0 bridgehead atoms. The van der Waals surface area contributed by atoms with Crippen molar-refractivity contribution in [2.75, 3.05) is 45.9 Å². The van der Waals surface area contributed by atoms with E-state index in [1.54, 1.807) is 0 Å². The molecule has 0 unspecified atom stereocenters. The molecule has 204 valence electrons. The quantitative estimate of drug-likeness (QED) is 0.277. The van der Waals surface area contributed by atoms with Gasteiger partial charge in [-0.25, -0.2) is 0 Å². The molecule has 0 radical (unpaired) electrons. The minimum atomic E-state index is 0.00155. The molecule has 0 aliphatic carbocycles. The SMILES string of the molecule is CC.CC.CC.c1ccc(CCCN2CCN(CCOC(c3ccccc3)c3ccccc3)CC2)cc1. The molecule has 3 nitrogen and oxygen atoms in total. The average molecular weight is 505 g/mol. The fourth-order valence-corrected chi connectivity index (χ4v) is 4.33. The summed E-state index contributed by atoms with van der Waals surface area (Å²) < 4.78 is 6.40. The summed E-state index contributed by atoms with van der Waals surface area (Å²) in [5.41, 5.74) is 3.89. The van der Waals surface area contributed by atoms with Crippen molar-refractivity contribution in [1.29, 1.82) is 0 Å². The first kappa shape index (κ1) is 32.6. The van der Waals surface area contributed by atoms with Crippen LogP contribution in [0.15, 0.2) is 91.0 Å². The number of hydrogen-bond donors (Lipinski definition) is 0. The summed E-state index contributed by atoms with van der Waals surface area (Å²) in [6.07, 6.45) is 2.42. The van der Waals surface area contributed by atoms with Crippen LogP contribution in [0.3, 0.4) is 0 Å². The number of piperazine rings is 1. The molecule has 1 fully saturated rings. The topological polar surface area (TPSA) is 15.7 Å². The van der Waals surface area contributed by atoms with E-state index in [1.165, 1.54) is 36.1 Å². The van der Waals surface area contributed by atoms with E-state index in [9.17, 15) is 0 Å². The van der Waals surface area contributed by atoms with Gasteiger partial charge >= 0.3 is 0 Å². The standard InChI is InChI=1S/C28H34N2O.3C2H6/c1-4-11-25(12-5-1)13-10-18-29-19-21-30(22-20-29)23-24-31-28(26-14-6-2-7-15-26)27-16-8-3-9-17-27;3*1-2/h1-9,11-12,14-17,28H,10,13,18-24H2;3*1-2H3. The van der Waals surface area contributed by atoms with Crippen LogP contribution in [0.4, 0.5) is 0 Å². The van der Waals surface area contributed by atoms with E-state index >= 15 is 0 Å². The molecule has 0 spiro atoms. The Hall–Kier alpha value is -2.46. The Morgan fingerprint density at radius 2 is 0.973 bits per heavy atom. The minimum absolute atomic E-state index is 0.00155. The Labute approximate surface area is 228 Å². The molecule has 0 aromatic heterocycles. The van der Waals surface area contributed by atoms with Gasteiger partial charge in [-0.1, -0.05) is 133 Å². The van der Waals surface area contributed by atoms with Gasteiger partial charge in [-0.2, -0.15) is 0 Å². The normalized spacial score (nSPS) is 13.4. The van der Waals surface area contributed by atoms with Crippen molar-refractivity contribution < 1.29 is 4.74 Å². The molecule has 0 atom stereocenters. The van der Waals surface area contributed by atoms with Gasteiger partial charge in [0.2, 0.25) is 0 Å². The van der Waals surface area contributed by atoms with Crippen LogP contribution in [0.25, 0.3) is 0 Å². The number of aryl methyl sites for hydroxylation is 1. The molecule has 3 heteroatoms. The molecular formula is C34H52N2O. The highest BCUT2D eigenvalue weighted by atomic mass is 16.5. The van der Waals surface area contributed by atoms with Crippen LogP contribution in [0.1, 0.15) is 70.8 Å². The Kier molecular flexibility index (Phi) is 19.0. The fraction of sp³-hybridized carbons (Fsp3) is 0.471. The second kappa shape index (κ2) is 21.6. The lowest BCUT2D eigenvalue weighted by atomic mass is 10.0. The summed E-state index contributed by atoms with van der Waals surface area (Å²) in [5, 5.41) is 0. The van der Waals surface area contributed by atoms with E-state index in [2.05, 4.69) is 101 Å². The summed E-state index contributed by atoms with van der Waals surface area (Å²) in [4.78, 5) is 5.15. The molecule has 1 saturated heterocycles. The zero-order chi connectivity index (χ0) is 27.1. The van der Waals surface area contributed by atoms with Crippen LogP contribution >= 0.6 is 0 Å². The smallest absolute Gasteiger partial charge is 0.108 e. The predicted octanol–water partition coefficient (Wildman–Crippen LogP) is 8.12. The third-order valence-electron chi connectivity index (χ3n) is 6.14. The lowest BCUT2D eigenvalue weighted by Gasteiger charge is -2.35. The summed E-state index contributed by atoms with van der Waals surface area (Å²) in [7, 11) is 0. The van der Waals surface area contributed by atoms with Crippen molar-refractivity contribution in [2.24, 2.45) is 0 Å². The Morgan fingerprint density at radius 3 is 1.43 bits per heavy atom. The highest BCUT2D eigenvalue weighted by Gasteiger charge is 2.18. The zero-order valence-corrected chi connectivity index (χ0v) is 24.4. The van der Waals surface area contributed by atoms with Crippen LogP contribution in [0.5, 0.6) is 0 Å². The van der Waals surface area contributed by atoms with Crippen LogP contribution in [0.2, 0.25) is 0 Å². The highest BCUT2D eigenvalue weighted by Crippen LogP contribution is 2.25. The first-order valence-electron chi connectivity index (χ1n) is 14.6. The molecule has 37 heavy (non-hydrogen) atoms. The fourth-order valence-electron chi connectivity index (χ4n) is 4.33. The molecule has 4 rings (SSSR count). The Balaban J connectivity index is 0.00000106. The maximum atomic E-state index is 6.40. The Morgan fingerprint density at radius 1 is 0.568 bits per heavy atom. The molecule has 1 heterocycles. The van der Waals surface area contributed by atoms with E-state index < -0.39 is 0 Å². The second-order valence-corrected chi connectivity index (χ2v) is 8.34. The van der Waals surface area contributed by atoms with Gasteiger partial charge in [0.15, 0.2) is 0 Å². The Bertz CT molecular complexity index is 823. The summed E-state index contributed by atoms with van der Waals surface area (Å²) in [6.45, 7) is 19.5. The molecule has 3 aromatic rings. The number of rotatable bonds is 10. The molecule has 1 aliphatic heterocycles. The third kappa shape index (κ3) is 12.6. The summed E-state index contributed by atoms with van der Waals surface area (Å²) in [6, 6.07) is 31.9. The molecule has 3 aromatic carbocycles. The van der Waals surface area contributed by atoms with Gasteiger partial charge in [0.25, 0.3) is 0 Å². The van der Waals surface area contributed by atoms with E-state index in [1.807, 2.05) is 41.5 Å². The van der Waals surface area contributed by atoms with Crippen LogP contribution in [-0.2, 0) is 11.2 Å². The second-order valence-electron chi connectivity index (χ2n) is 8.34. The van der Waals surface area contributed by atoms with Crippen molar-refractivity contribution in [3.05, 3.63) is 108 Å². The van der Waals surface area contributed by atoms with Crippen molar-refractivity contribution in [3.63, 3.8) is 0 Å². The van der Waals surface area contributed by atoms with Gasteiger partial charge in [0.05, 0.1) is 6.61 Å². The predicted molar refractivity (Wildman–Crippen MR) is 162 cm³/mol. The van der Waals surface area contributed by atoms with E-state index in [4.69, 9.17) is 4.74 Å². The van der Waals surface area contributed by atoms with Crippen LogP contribution in [-0.4, -0.2) is 55.7 Å². The van der Waals surface area contributed by atoms with Gasteiger partial charge in [0.1, 0.15) is 6.10 Å². The summed E-state index contributed by atoms with van der Waals surface area (Å²) >= 11 is 0. The van der Waals surface area contributed by atoms with Crippen molar-refractivity contribution >= 4 is 0 Å². The lowest BCUT2D eigenvalue weighted by Crippen LogP contribution is -2.47. The van der Waals surface area contributed by atoms with E-state index in [0.29, 0.717) is 0 Å². The molecule has 0 amide bonds. The first-order valence-corrected chi connectivity index (χ1v) is 14.6. The molecular weight excluding hydrogens is 452 g/mol. The number of benzene rings is 3. The van der Waals surface area contributed by atoms with Crippen molar-refractivity contribution in [1.82, 2.24) is 9.80 Å². The molecule has 0 N–H and O–H groups in total. The number of hydrogen-bond acceptors (Lipinski definition) is 3. The summed E-state index contributed by atoms with van der Waals surface area (Å²) in [5.74, 6) is 0. The van der Waals surface area contributed by atoms with Gasteiger partial charge in [0, 0.05) is 32.7 Å². The minimum Gasteiger partial charge on any atom is -0.367 e. The largest absolute Gasteiger partial charge is 0.367 e. The monoisotopic (exact) mass is 504 g/mol. The maximum Gasteiger partial charge on any atom is 0.108 e. The van der Waals surface area contributed by atoms with E-state index in [-0.39, 0.29) is 6.10 Å².